The fourth-order valence-corrected chi connectivity index (χ4v) is 3.58. The van der Waals surface area contributed by atoms with E-state index in [4.69, 9.17) is 5.26 Å². The molecule has 138 valence electrons. The van der Waals surface area contributed by atoms with Gasteiger partial charge >= 0.3 is 11.8 Å². The Balaban J connectivity index is 1.51. The smallest absolute Gasteiger partial charge is 0.311 e. The van der Waals surface area contributed by atoms with Gasteiger partial charge in [0, 0.05) is 45.3 Å². The lowest BCUT2D eigenvalue weighted by molar-refractivity contribution is -0.145. The third-order valence-electron chi connectivity index (χ3n) is 5.09. The van der Waals surface area contributed by atoms with Gasteiger partial charge in [0.05, 0.1) is 6.07 Å². The minimum absolute atomic E-state index is 0.184. The van der Waals surface area contributed by atoms with Crippen molar-refractivity contribution in [2.45, 2.75) is 38.6 Å². The molecule has 2 fully saturated rings. The highest BCUT2D eigenvalue weighted by Gasteiger charge is 2.29. The molecule has 2 aliphatic heterocycles. The van der Waals surface area contributed by atoms with E-state index >= 15 is 0 Å². The Morgan fingerprint density at radius 3 is 2.85 bits per heavy atom. The Morgan fingerprint density at radius 1 is 1.27 bits per heavy atom. The highest BCUT2D eigenvalue weighted by atomic mass is 16.2. The van der Waals surface area contributed by atoms with Gasteiger partial charge in [-0.05, 0) is 49.3 Å². The van der Waals surface area contributed by atoms with E-state index in [2.05, 4.69) is 21.3 Å². The zero-order valence-corrected chi connectivity index (χ0v) is 15.0. The van der Waals surface area contributed by atoms with Gasteiger partial charge in [0.2, 0.25) is 0 Å². The maximum atomic E-state index is 12.2. The maximum absolute atomic E-state index is 12.2. The molecule has 3 rings (SSSR count). The summed E-state index contributed by atoms with van der Waals surface area (Å²) >= 11 is 0. The predicted octanol–water partition coefficient (Wildman–Crippen LogP) is 1.45. The molecule has 0 radical (unpaired) electrons. The highest BCUT2D eigenvalue weighted by molar-refractivity contribution is 6.35. The molecular formula is C19H25N5O2. The first-order chi connectivity index (χ1) is 12.7. The van der Waals surface area contributed by atoms with E-state index in [0.29, 0.717) is 26.1 Å². The van der Waals surface area contributed by atoms with Gasteiger partial charge in [-0.15, -0.1) is 0 Å². The van der Waals surface area contributed by atoms with Crippen molar-refractivity contribution in [2.75, 3.05) is 31.1 Å². The zero-order valence-electron chi connectivity index (χ0n) is 15.0. The molecule has 0 spiro atoms. The molecule has 1 atom stereocenters. The van der Waals surface area contributed by atoms with Crippen LogP contribution in [-0.2, 0) is 16.1 Å². The number of amides is 2. The molecule has 7 heteroatoms. The maximum Gasteiger partial charge on any atom is 0.311 e. The van der Waals surface area contributed by atoms with Crippen molar-refractivity contribution in [2.24, 2.45) is 5.92 Å². The first-order valence-corrected chi connectivity index (χ1v) is 9.31. The van der Waals surface area contributed by atoms with Gasteiger partial charge in [-0.25, -0.2) is 4.98 Å². The van der Waals surface area contributed by atoms with Crippen LogP contribution in [0.25, 0.3) is 0 Å². The number of hydrogen-bond donors (Lipinski definition) is 1. The fraction of sp³-hybridized carbons (Fsp3) is 0.579. The van der Waals surface area contributed by atoms with Crippen LogP contribution in [0.4, 0.5) is 5.82 Å². The summed E-state index contributed by atoms with van der Waals surface area (Å²) in [6, 6.07) is 5.97. The van der Waals surface area contributed by atoms with Gasteiger partial charge < -0.3 is 15.1 Å². The average Bonchev–Trinajstić information content (AvgIpc) is 3.15. The van der Waals surface area contributed by atoms with Crippen LogP contribution in [0.2, 0.25) is 0 Å². The molecule has 0 aromatic carbocycles. The second-order valence-corrected chi connectivity index (χ2v) is 7.02. The van der Waals surface area contributed by atoms with Crippen molar-refractivity contribution >= 4 is 17.6 Å². The number of nitriles is 1. The number of aromatic nitrogens is 1. The Kier molecular flexibility index (Phi) is 6.05. The molecular weight excluding hydrogens is 330 g/mol. The van der Waals surface area contributed by atoms with Crippen molar-refractivity contribution in [3.63, 3.8) is 0 Å². The molecule has 1 aromatic rings. The highest BCUT2D eigenvalue weighted by Crippen LogP contribution is 2.20. The van der Waals surface area contributed by atoms with E-state index in [1.54, 1.807) is 11.1 Å². The monoisotopic (exact) mass is 355 g/mol. The first-order valence-electron chi connectivity index (χ1n) is 9.31. The largest absolute Gasteiger partial charge is 0.357 e. The Morgan fingerprint density at radius 2 is 2.08 bits per heavy atom. The first kappa shape index (κ1) is 18.2. The number of piperidine rings is 1. The minimum Gasteiger partial charge on any atom is -0.357 e. The fourth-order valence-electron chi connectivity index (χ4n) is 3.58. The van der Waals surface area contributed by atoms with E-state index in [-0.39, 0.29) is 5.92 Å². The van der Waals surface area contributed by atoms with Gasteiger partial charge in [-0.3, -0.25) is 9.59 Å². The predicted molar refractivity (Wildman–Crippen MR) is 97.1 cm³/mol. The molecule has 0 bridgehead atoms. The molecule has 0 aliphatic carbocycles. The normalized spacial score (nSPS) is 19.9. The summed E-state index contributed by atoms with van der Waals surface area (Å²) in [7, 11) is 0. The summed E-state index contributed by atoms with van der Waals surface area (Å²) in [5.41, 5.74) is 0.936. The molecule has 2 saturated heterocycles. The molecule has 26 heavy (non-hydrogen) atoms. The van der Waals surface area contributed by atoms with Crippen LogP contribution in [0.3, 0.4) is 0 Å². The number of carbonyl (C=O) groups excluding carboxylic acids is 2. The second-order valence-electron chi connectivity index (χ2n) is 7.02. The number of anilines is 1. The second kappa shape index (κ2) is 8.65. The van der Waals surface area contributed by atoms with Crippen molar-refractivity contribution < 1.29 is 9.59 Å². The van der Waals surface area contributed by atoms with Crippen LogP contribution in [0.15, 0.2) is 18.3 Å². The van der Waals surface area contributed by atoms with Crippen molar-refractivity contribution in [3.8, 4) is 6.07 Å². The van der Waals surface area contributed by atoms with Gasteiger partial charge in [0.15, 0.2) is 0 Å². The Bertz CT molecular complexity index is 693. The van der Waals surface area contributed by atoms with Crippen molar-refractivity contribution in [1.29, 1.82) is 5.26 Å². The van der Waals surface area contributed by atoms with E-state index in [9.17, 15) is 9.59 Å². The van der Waals surface area contributed by atoms with Crippen LogP contribution in [0, 0.1) is 17.2 Å². The molecule has 1 unspecified atom stereocenters. The number of likely N-dealkylation sites (tertiary alicyclic amines) is 1. The van der Waals surface area contributed by atoms with E-state index in [1.165, 1.54) is 19.3 Å². The summed E-state index contributed by atoms with van der Waals surface area (Å²) in [4.78, 5) is 32.6. The lowest BCUT2D eigenvalue weighted by Gasteiger charge is -2.27. The lowest BCUT2D eigenvalue weighted by atomic mass is 10.1. The van der Waals surface area contributed by atoms with E-state index in [1.807, 2.05) is 12.1 Å². The van der Waals surface area contributed by atoms with Crippen LogP contribution in [0.5, 0.6) is 0 Å². The molecule has 0 saturated carbocycles. The Labute approximate surface area is 154 Å². The lowest BCUT2D eigenvalue weighted by Crippen LogP contribution is -2.41. The number of hydrogen-bond acceptors (Lipinski definition) is 5. The van der Waals surface area contributed by atoms with Gasteiger partial charge in [0.1, 0.15) is 5.82 Å². The summed E-state index contributed by atoms with van der Waals surface area (Å²) in [6.45, 7) is 3.38. The number of nitrogens with one attached hydrogen (secondary N) is 1. The molecule has 1 N–H and O–H groups in total. The van der Waals surface area contributed by atoms with Crippen LogP contribution >= 0.6 is 0 Å². The molecule has 2 amide bonds. The summed E-state index contributed by atoms with van der Waals surface area (Å²) < 4.78 is 0. The molecule has 2 aliphatic rings. The summed E-state index contributed by atoms with van der Waals surface area (Å²) in [6.07, 6.45) is 6.59. The number of carbonyl (C=O) groups is 2. The van der Waals surface area contributed by atoms with Crippen LogP contribution < -0.4 is 10.2 Å². The van der Waals surface area contributed by atoms with Crippen LogP contribution in [0.1, 0.15) is 37.7 Å². The summed E-state index contributed by atoms with van der Waals surface area (Å²) in [5.74, 6) is 0.0282. The number of pyridine rings is 1. The average molecular weight is 355 g/mol. The molecule has 1 aromatic heterocycles. The van der Waals surface area contributed by atoms with Gasteiger partial charge in [-0.2, -0.15) is 5.26 Å². The van der Waals surface area contributed by atoms with Gasteiger partial charge in [0.25, 0.3) is 0 Å². The zero-order chi connectivity index (χ0) is 18.4. The van der Waals surface area contributed by atoms with Gasteiger partial charge in [-0.1, -0.05) is 0 Å². The topological polar surface area (TPSA) is 89.3 Å². The van der Waals surface area contributed by atoms with E-state index in [0.717, 1.165) is 30.9 Å². The third kappa shape index (κ3) is 4.51. The third-order valence-corrected chi connectivity index (χ3v) is 5.09. The molecule has 7 nitrogen and oxygen atoms in total. The summed E-state index contributed by atoms with van der Waals surface area (Å²) in [5, 5.41) is 11.5. The molecule has 3 heterocycles. The van der Waals surface area contributed by atoms with E-state index < -0.39 is 11.8 Å². The Hall–Kier alpha value is -2.62. The number of nitrogens with zero attached hydrogens (tertiary/aromatic N) is 4. The minimum atomic E-state index is -0.584. The van der Waals surface area contributed by atoms with Crippen molar-refractivity contribution in [3.05, 3.63) is 23.9 Å². The van der Waals surface area contributed by atoms with Crippen molar-refractivity contribution in [1.82, 2.24) is 15.2 Å². The quantitative estimate of drug-likeness (QED) is 0.826. The van der Waals surface area contributed by atoms with Crippen LogP contribution in [-0.4, -0.2) is 47.9 Å². The number of rotatable bonds is 4. The SMILES string of the molecule is N#CCC1CCN(C(=O)C(=O)NCc2ccnc(N3CCCCC3)c2)C1. The standard InChI is InChI=1S/C19H25N5O2/c20-7-4-15-6-11-24(14-15)19(26)18(25)22-13-16-5-8-21-17(12-16)23-9-2-1-3-10-23/h5,8,12,15H,1-4,6,9-11,13-14H2,(H,22,25).